The first-order valence-corrected chi connectivity index (χ1v) is 9.48. The summed E-state index contributed by atoms with van der Waals surface area (Å²) in [7, 11) is 0. The Morgan fingerprint density at radius 3 is 2.61 bits per heavy atom. The van der Waals surface area contributed by atoms with Crippen LogP contribution >= 0.6 is 11.3 Å². The number of benzene rings is 1. The van der Waals surface area contributed by atoms with Gasteiger partial charge in [0, 0.05) is 36.9 Å². The van der Waals surface area contributed by atoms with Crippen LogP contribution in [0.2, 0.25) is 0 Å². The molecule has 4 rings (SSSR count). The molecular weight excluding hydrogens is 374 g/mol. The fourth-order valence-electron chi connectivity index (χ4n) is 2.65. The van der Waals surface area contributed by atoms with Gasteiger partial charge in [-0.1, -0.05) is 11.3 Å². The van der Waals surface area contributed by atoms with E-state index in [9.17, 15) is 9.59 Å². The van der Waals surface area contributed by atoms with Crippen molar-refractivity contribution in [3.05, 3.63) is 78.4 Å². The van der Waals surface area contributed by atoms with Gasteiger partial charge in [0.05, 0.1) is 16.8 Å². The number of thiazole rings is 1. The van der Waals surface area contributed by atoms with E-state index in [1.54, 1.807) is 24.5 Å². The SMILES string of the molecule is O=C(CNC(=O)c1ccc2nc(-n3cccc3)sc2c1)NCc1ccncc1. The maximum atomic E-state index is 12.4. The van der Waals surface area contributed by atoms with Gasteiger partial charge in [0.25, 0.3) is 5.91 Å². The van der Waals surface area contributed by atoms with Crippen LogP contribution in [0.15, 0.2) is 67.3 Å². The summed E-state index contributed by atoms with van der Waals surface area (Å²) < 4.78 is 2.84. The second-order valence-corrected chi connectivity index (χ2v) is 7.09. The zero-order valence-electron chi connectivity index (χ0n) is 14.8. The smallest absolute Gasteiger partial charge is 0.251 e. The van der Waals surface area contributed by atoms with Crippen LogP contribution in [0, 0.1) is 0 Å². The molecule has 7 nitrogen and oxygen atoms in total. The van der Waals surface area contributed by atoms with Crippen LogP contribution in [-0.4, -0.2) is 32.9 Å². The highest BCUT2D eigenvalue weighted by Crippen LogP contribution is 2.25. The average molecular weight is 391 g/mol. The van der Waals surface area contributed by atoms with Gasteiger partial charge in [-0.3, -0.25) is 14.6 Å². The molecule has 1 aromatic carbocycles. The predicted octanol–water partition coefficient (Wildman–Crippen LogP) is 2.53. The third kappa shape index (κ3) is 4.07. The Bertz CT molecular complexity index is 1110. The van der Waals surface area contributed by atoms with Gasteiger partial charge in [-0.15, -0.1) is 0 Å². The average Bonchev–Trinajstić information content (AvgIpc) is 3.40. The number of fused-ring (bicyclic) bond motifs is 1. The maximum absolute atomic E-state index is 12.4. The number of amides is 2. The van der Waals surface area contributed by atoms with Crippen molar-refractivity contribution in [1.29, 1.82) is 0 Å². The van der Waals surface area contributed by atoms with E-state index in [1.165, 1.54) is 11.3 Å². The fourth-order valence-corrected chi connectivity index (χ4v) is 3.62. The monoisotopic (exact) mass is 391 g/mol. The molecule has 0 aliphatic heterocycles. The Labute approximate surface area is 165 Å². The van der Waals surface area contributed by atoms with Crippen molar-refractivity contribution in [2.45, 2.75) is 6.54 Å². The van der Waals surface area contributed by atoms with Crippen LogP contribution in [0.1, 0.15) is 15.9 Å². The molecule has 2 N–H and O–H groups in total. The van der Waals surface area contributed by atoms with E-state index in [1.807, 2.05) is 47.3 Å². The lowest BCUT2D eigenvalue weighted by Crippen LogP contribution is -2.36. The second kappa shape index (κ2) is 8.01. The molecule has 4 aromatic rings. The van der Waals surface area contributed by atoms with Crippen LogP contribution in [0.25, 0.3) is 15.3 Å². The summed E-state index contributed by atoms with van der Waals surface area (Å²) in [6.45, 7) is 0.311. The van der Waals surface area contributed by atoms with Crippen LogP contribution in [-0.2, 0) is 11.3 Å². The summed E-state index contributed by atoms with van der Waals surface area (Å²) in [6, 6.07) is 12.8. The van der Waals surface area contributed by atoms with E-state index in [0.29, 0.717) is 12.1 Å². The summed E-state index contributed by atoms with van der Waals surface area (Å²) in [6.07, 6.45) is 7.19. The molecule has 0 bridgehead atoms. The summed E-state index contributed by atoms with van der Waals surface area (Å²) in [5, 5.41) is 6.25. The van der Waals surface area contributed by atoms with E-state index in [4.69, 9.17) is 0 Å². The number of pyridine rings is 1. The third-order valence-electron chi connectivity index (χ3n) is 4.11. The van der Waals surface area contributed by atoms with E-state index in [-0.39, 0.29) is 18.4 Å². The quantitative estimate of drug-likeness (QED) is 0.529. The zero-order valence-corrected chi connectivity index (χ0v) is 15.6. The number of hydrogen-bond acceptors (Lipinski definition) is 5. The minimum atomic E-state index is -0.295. The van der Waals surface area contributed by atoms with Crippen molar-refractivity contribution in [3.63, 3.8) is 0 Å². The van der Waals surface area contributed by atoms with Crippen LogP contribution in [0.3, 0.4) is 0 Å². The molecule has 0 atom stereocenters. The highest BCUT2D eigenvalue weighted by Gasteiger charge is 2.11. The third-order valence-corrected chi connectivity index (χ3v) is 5.14. The molecule has 0 saturated carbocycles. The normalized spacial score (nSPS) is 10.7. The van der Waals surface area contributed by atoms with Gasteiger partial charge >= 0.3 is 0 Å². The Morgan fingerprint density at radius 1 is 1.04 bits per heavy atom. The summed E-state index contributed by atoms with van der Waals surface area (Å²) >= 11 is 1.50. The van der Waals surface area contributed by atoms with Gasteiger partial charge in [0.15, 0.2) is 5.13 Å². The standard InChI is InChI=1S/C20H17N5O2S/c26-18(22-12-14-5-7-21-8-6-14)13-23-19(27)15-3-4-16-17(11-15)28-20(24-16)25-9-1-2-10-25/h1-11H,12-13H2,(H,22,26)(H,23,27). The first-order chi connectivity index (χ1) is 13.7. The number of nitrogens with zero attached hydrogens (tertiary/aromatic N) is 3. The number of hydrogen-bond donors (Lipinski definition) is 2. The molecule has 0 saturated heterocycles. The van der Waals surface area contributed by atoms with Gasteiger partial charge in [-0.2, -0.15) is 0 Å². The summed E-state index contributed by atoms with van der Waals surface area (Å²) in [4.78, 5) is 32.8. The summed E-state index contributed by atoms with van der Waals surface area (Å²) in [5.41, 5.74) is 2.28. The Kier molecular flexibility index (Phi) is 5.11. The molecule has 3 heterocycles. The lowest BCUT2D eigenvalue weighted by atomic mass is 10.2. The topological polar surface area (TPSA) is 88.9 Å². The Hall–Kier alpha value is -3.52. The molecule has 0 spiro atoms. The van der Waals surface area contributed by atoms with Crippen molar-refractivity contribution in [2.75, 3.05) is 6.54 Å². The number of aromatic nitrogens is 3. The van der Waals surface area contributed by atoms with Crippen molar-refractivity contribution in [3.8, 4) is 5.13 Å². The van der Waals surface area contributed by atoms with E-state index in [2.05, 4.69) is 20.6 Å². The van der Waals surface area contributed by atoms with E-state index < -0.39 is 0 Å². The Morgan fingerprint density at radius 2 is 1.82 bits per heavy atom. The van der Waals surface area contributed by atoms with Gasteiger partial charge in [0.1, 0.15) is 0 Å². The molecule has 140 valence electrons. The number of carbonyl (C=O) groups excluding carboxylic acids is 2. The number of carbonyl (C=O) groups is 2. The number of rotatable bonds is 6. The highest BCUT2D eigenvalue weighted by molar-refractivity contribution is 7.20. The first-order valence-electron chi connectivity index (χ1n) is 8.67. The minimum absolute atomic E-state index is 0.0841. The Balaban J connectivity index is 1.36. The van der Waals surface area contributed by atoms with E-state index >= 15 is 0 Å². The largest absolute Gasteiger partial charge is 0.350 e. The zero-order chi connectivity index (χ0) is 19.3. The van der Waals surface area contributed by atoms with Gasteiger partial charge in [0.2, 0.25) is 5.91 Å². The maximum Gasteiger partial charge on any atom is 0.251 e. The molecular formula is C20H17N5O2S. The lowest BCUT2D eigenvalue weighted by Gasteiger charge is -2.07. The summed E-state index contributed by atoms with van der Waals surface area (Å²) in [5.74, 6) is -0.546. The molecule has 0 radical (unpaired) electrons. The highest BCUT2D eigenvalue weighted by atomic mass is 32.1. The first kappa shape index (κ1) is 17.9. The van der Waals surface area contributed by atoms with E-state index in [0.717, 1.165) is 20.9 Å². The molecule has 28 heavy (non-hydrogen) atoms. The van der Waals surface area contributed by atoms with Crippen LogP contribution in [0.4, 0.5) is 0 Å². The fraction of sp³-hybridized carbons (Fsp3) is 0.100. The molecule has 0 fully saturated rings. The van der Waals surface area contributed by atoms with Crippen molar-refractivity contribution in [1.82, 2.24) is 25.2 Å². The second-order valence-electron chi connectivity index (χ2n) is 6.08. The van der Waals surface area contributed by atoms with Gasteiger partial charge in [-0.05, 0) is 48.0 Å². The van der Waals surface area contributed by atoms with Gasteiger partial charge in [-0.25, -0.2) is 4.98 Å². The van der Waals surface area contributed by atoms with Crippen LogP contribution in [0.5, 0.6) is 0 Å². The molecule has 0 aliphatic carbocycles. The molecule has 3 aromatic heterocycles. The molecule has 0 unspecified atom stereocenters. The van der Waals surface area contributed by atoms with Crippen molar-refractivity contribution < 1.29 is 9.59 Å². The van der Waals surface area contributed by atoms with Gasteiger partial charge < -0.3 is 15.2 Å². The minimum Gasteiger partial charge on any atom is -0.350 e. The number of nitrogens with one attached hydrogen (secondary N) is 2. The lowest BCUT2D eigenvalue weighted by molar-refractivity contribution is -0.120. The van der Waals surface area contributed by atoms with Crippen molar-refractivity contribution in [2.24, 2.45) is 0 Å². The molecule has 8 heteroatoms. The molecule has 0 aliphatic rings. The predicted molar refractivity (Wildman–Crippen MR) is 107 cm³/mol. The van der Waals surface area contributed by atoms with Crippen LogP contribution < -0.4 is 10.6 Å². The van der Waals surface area contributed by atoms with Crippen molar-refractivity contribution >= 4 is 33.4 Å². The molecule has 2 amide bonds.